The maximum absolute atomic E-state index is 12.5. The van der Waals surface area contributed by atoms with Gasteiger partial charge >= 0.3 is 0 Å². The van der Waals surface area contributed by atoms with Crippen LogP contribution < -0.4 is 10.9 Å². The molecule has 0 saturated carbocycles. The maximum atomic E-state index is 12.5. The van der Waals surface area contributed by atoms with Gasteiger partial charge in [-0.05, 0) is 24.0 Å². The van der Waals surface area contributed by atoms with Gasteiger partial charge in [0.15, 0.2) is 0 Å². The number of benzene rings is 1. The van der Waals surface area contributed by atoms with Gasteiger partial charge in [0.1, 0.15) is 5.69 Å². The molecule has 1 aromatic heterocycles. The van der Waals surface area contributed by atoms with Gasteiger partial charge in [0.05, 0.1) is 12.1 Å². The molecule has 0 unspecified atom stereocenters. The quantitative estimate of drug-likeness (QED) is 0.775. The minimum atomic E-state index is -0.162. The Balaban J connectivity index is 2.07. The average Bonchev–Trinajstić information content (AvgIpc) is 2.48. The molecule has 0 spiro atoms. The third-order valence-electron chi connectivity index (χ3n) is 3.44. The van der Waals surface area contributed by atoms with Crippen LogP contribution in [0.15, 0.2) is 23.0 Å². The Bertz CT molecular complexity index is 761. The Morgan fingerprint density at radius 1 is 1.52 bits per heavy atom. The molecule has 0 atom stereocenters. The smallest absolute Gasteiger partial charge is 0.272 e. The summed E-state index contributed by atoms with van der Waals surface area (Å²) in [5.74, 6) is 0.612. The molecule has 2 aromatic rings. The molecule has 0 saturated heterocycles. The second kappa shape index (κ2) is 5.61. The average molecular weight is 324 g/mol. The van der Waals surface area contributed by atoms with E-state index in [0.29, 0.717) is 29.2 Å². The van der Waals surface area contributed by atoms with Crippen molar-refractivity contribution >= 4 is 34.7 Å². The number of aromatic nitrogens is 2. The lowest BCUT2D eigenvalue weighted by molar-refractivity contribution is 0.423. The molecule has 0 fully saturated rings. The summed E-state index contributed by atoms with van der Waals surface area (Å²) in [6, 6.07) is 5.45. The topological polar surface area (TPSA) is 67.1 Å². The predicted octanol–water partition coefficient (Wildman–Crippen LogP) is 2.61. The summed E-state index contributed by atoms with van der Waals surface area (Å²) in [5, 5.41) is 17.7. The fourth-order valence-corrected chi connectivity index (χ4v) is 2.90. The second-order valence-electron chi connectivity index (χ2n) is 4.80. The molecule has 5 nitrogen and oxygen atoms in total. The summed E-state index contributed by atoms with van der Waals surface area (Å²) in [7, 11) is 0. The molecule has 21 heavy (non-hydrogen) atoms. The molecule has 0 amide bonds. The van der Waals surface area contributed by atoms with E-state index in [1.165, 1.54) is 4.68 Å². The van der Waals surface area contributed by atoms with E-state index in [9.17, 15) is 9.90 Å². The van der Waals surface area contributed by atoms with Gasteiger partial charge in [-0.2, -0.15) is 11.8 Å². The van der Waals surface area contributed by atoms with Gasteiger partial charge < -0.3 is 10.4 Å². The highest BCUT2D eigenvalue weighted by atomic mass is 35.5. The fourth-order valence-electron chi connectivity index (χ4n) is 2.38. The van der Waals surface area contributed by atoms with Crippen LogP contribution in [0.1, 0.15) is 11.1 Å². The molecule has 7 heteroatoms. The van der Waals surface area contributed by atoms with E-state index in [-0.39, 0.29) is 11.4 Å². The molecule has 2 heterocycles. The summed E-state index contributed by atoms with van der Waals surface area (Å²) in [6.45, 7) is 0.480. The van der Waals surface area contributed by atoms with Crippen LogP contribution >= 0.6 is 23.4 Å². The first kappa shape index (κ1) is 14.3. The molecule has 3 rings (SSSR count). The second-order valence-corrected chi connectivity index (χ2v) is 6.22. The number of fused-ring (bicyclic) bond motifs is 2. The number of nitrogens with zero attached hydrogens (tertiary/aromatic N) is 2. The van der Waals surface area contributed by atoms with Crippen LogP contribution in [0.3, 0.4) is 0 Å². The summed E-state index contributed by atoms with van der Waals surface area (Å²) >= 11 is 7.60. The van der Waals surface area contributed by atoms with E-state index >= 15 is 0 Å². The van der Waals surface area contributed by atoms with Gasteiger partial charge in [0.2, 0.25) is 0 Å². The standard InChI is InChI=1S/C14H14ClN3O2S/c1-21-5-4-18-14(20)10-6-8-2-3-9(15)7-11(8)16-12(10)13(19)17-18/h2-3,7,16H,4-6H2,1H3,(H,17,19). The van der Waals surface area contributed by atoms with Gasteiger partial charge in [0, 0.05) is 22.9 Å². The van der Waals surface area contributed by atoms with E-state index in [1.54, 1.807) is 23.9 Å². The van der Waals surface area contributed by atoms with E-state index in [1.807, 2.05) is 12.3 Å². The molecule has 2 N–H and O–H groups in total. The molecule has 110 valence electrons. The molecule has 1 aliphatic rings. The molecule has 0 aliphatic carbocycles. The zero-order chi connectivity index (χ0) is 15.0. The number of aromatic hydroxyl groups is 1. The van der Waals surface area contributed by atoms with Crippen LogP contribution in [0.4, 0.5) is 11.4 Å². The first-order chi connectivity index (χ1) is 10.1. The van der Waals surface area contributed by atoms with Crippen molar-refractivity contribution in [3.05, 3.63) is 44.7 Å². The zero-order valence-electron chi connectivity index (χ0n) is 11.4. The number of rotatable bonds is 3. The summed E-state index contributed by atoms with van der Waals surface area (Å²) in [5.41, 5.74) is 2.54. The lowest BCUT2D eigenvalue weighted by atomic mass is 9.99. The van der Waals surface area contributed by atoms with Crippen molar-refractivity contribution in [1.82, 2.24) is 9.78 Å². The predicted molar refractivity (Wildman–Crippen MR) is 86.1 cm³/mol. The van der Waals surface area contributed by atoms with Crippen molar-refractivity contribution in [1.29, 1.82) is 0 Å². The molecule has 1 aliphatic heterocycles. The third-order valence-corrected chi connectivity index (χ3v) is 4.27. The molecular weight excluding hydrogens is 310 g/mol. The largest absolute Gasteiger partial charge is 0.491 e. The molecule has 1 aromatic carbocycles. The number of hydrogen-bond acceptors (Lipinski definition) is 5. The van der Waals surface area contributed by atoms with Gasteiger partial charge in [-0.3, -0.25) is 4.79 Å². The van der Waals surface area contributed by atoms with Crippen molar-refractivity contribution in [3.8, 4) is 5.88 Å². The summed E-state index contributed by atoms with van der Waals surface area (Å²) in [4.78, 5) is 12.5. The Hall–Kier alpha value is -1.66. The first-order valence-corrected chi connectivity index (χ1v) is 8.24. The minimum absolute atomic E-state index is 0.156. The highest BCUT2D eigenvalue weighted by Crippen LogP contribution is 2.36. The lowest BCUT2D eigenvalue weighted by Gasteiger charge is -2.22. The highest BCUT2D eigenvalue weighted by Gasteiger charge is 2.23. The van der Waals surface area contributed by atoms with Crippen LogP contribution in [0.5, 0.6) is 5.88 Å². The molecule has 0 bridgehead atoms. The SMILES string of the molecule is CSCCn1nc(O)c2c(c1=O)Cc1ccc(Cl)cc1N2. The maximum Gasteiger partial charge on any atom is 0.272 e. The number of hydrogen-bond donors (Lipinski definition) is 2. The van der Waals surface area contributed by atoms with Crippen LogP contribution in [-0.2, 0) is 13.0 Å². The first-order valence-electron chi connectivity index (χ1n) is 6.47. The van der Waals surface area contributed by atoms with Crippen molar-refractivity contribution in [2.75, 3.05) is 17.3 Å². The number of thioether (sulfide) groups is 1. The Morgan fingerprint density at radius 2 is 2.33 bits per heavy atom. The van der Waals surface area contributed by atoms with E-state index in [4.69, 9.17) is 11.6 Å². The van der Waals surface area contributed by atoms with Crippen molar-refractivity contribution < 1.29 is 5.11 Å². The van der Waals surface area contributed by atoms with Crippen LogP contribution in [0.25, 0.3) is 0 Å². The van der Waals surface area contributed by atoms with Crippen molar-refractivity contribution in [2.24, 2.45) is 0 Å². The molecular formula is C14H14ClN3O2S. The third kappa shape index (κ3) is 2.61. The number of anilines is 2. The molecule has 0 radical (unpaired) electrons. The van der Waals surface area contributed by atoms with Crippen LogP contribution in [0, 0.1) is 0 Å². The fraction of sp³-hybridized carbons (Fsp3) is 0.286. The summed E-state index contributed by atoms with van der Waals surface area (Å²) < 4.78 is 1.33. The Morgan fingerprint density at radius 3 is 3.10 bits per heavy atom. The van der Waals surface area contributed by atoms with Crippen LogP contribution in [0.2, 0.25) is 5.02 Å². The van der Waals surface area contributed by atoms with Gasteiger partial charge in [0.25, 0.3) is 11.4 Å². The van der Waals surface area contributed by atoms with Crippen molar-refractivity contribution in [2.45, 2.75) is 13.0 Å². The number of aryl methyl sites for hydroxylation is 1. The number of halogens is 1. The lowest BCUT2D eigenvalue weighted by Crippen LogP contribution is -2.29. The van der Waals surface area contributed by atoms with Gasteiger partial charge in [-0.25, -0.2) is 4.68 Å². The normalized spacial score (nSPS) is 12.5. The van der Waals surface area contributed by atoms with Gasteiger partial charge in [-0.15, -0.1) is 5.10 Å². The summed E-state index contributed by atoms with van der Waals surface area (Å²) in [6.07, 6.45) is 2.42. The zero-order valence-corrected chi connectivity index (χ0v) is 13.0. The number of nitrogens with one attached hydrogen (secondary N) is 1. The van der Waals surface area contributed by atoms with E-state index in [2.05, 4.69) is 10.4 Å². The Kier molecular flexibility index (Phi) is 3.82. The Labute approximate surface area is 130 Å². The van der Waals surface area contributed by atoms with Crippen LogP contribution in [-0.4, -0.2) is 26.9 Å². The monoisotopic (exact) mass is 323 g/mol. The van der Waals surface area contributed by atoms with Crippen molar-refractivity contribution in [3.63, 3.8) is 0 Å². The van der Waals surface area contributed by atoms with E-state index in [0.717, 1.165) is 17.0 Å². The minimum Gasteiger partial charge on any atom is -0.491 e. The highest BCUT2D eigenvalue weighted by molar-refractivity contribution is 7.98. The van der Waals surface area contributed by atoms with Gasteiger partial charge in [-0.1, -0.05) is 17.7 Å². The van der Waals surface area contributed by atoms with E-state index < -0.39 is 0 Å².